The molecule has 1 fully saturated rings. The normalized spacial score (nSPS) is 22.1. The molecule has 6 nitrogen and oxygen atoms in total. The number of fused-ring (bicyclic) bond motifs is 1. The van der Waals surface area contributed by atoms with Gasteiger partial charge in [0.25, 0.3) is 0 Å². The van der Waals surface area contributed by atoms with Gasteiger partial charge in [-0.1, -0.05) is 11.6 Å². The van der Waals surface area contributed by atoms with E-state index in [1.54, 1.807) is 12.3 Å². The average Bonchev–Trinajstić information content (AvgIpc) is 2.65. The molecule has 0 amide bonds. The van der Waals surface area contributed by atoms with Crippen LogP contribution in [0, 0.1) is 17.2 Å². The van der Waals surface area contributed by atoms with Gasteiger partial charge in [0, 0.05) is 36.3 Å². The number of nitrogens with zero attached hydrogens (tertiary/aromatic N) is 3. The summed E-state index contributed by atoms with van der Waals surface area (Å²) in [7, 11) is 1.54. The number of rotatable bonds is 4. The van der Waals surface area contributed by atoms with Crippen molar-refractivity contribution in [2.75, 3.05) is 20.2 Å². The zero-order valence-corrected chi connectivity index (χ0v) is 15.4. The van der Waals surface area contributed by atoms with E-state index in [1.165, 1.54) is 7.11 Å². The van der Waals surface area contributed by atoms with Crippen molar-refractivity contribution in [1.82, 2.24) is 9.88 Å². The molecule has 3 atom stereocenters. The second-order valence-corrected chi connectivity index (χ2v) is 6.97. The molecule has 1 N–H and O–H groups in total. The molecule has 2 aromatic rings. The molecule has 0 aliphatic carbocycles. The Hall–Kier alpha value is -2.20. The summed E-state index contributed by atoms with van der Waals surface area (Å²) >= 11 is 6.17. The van der Waals surface area contributed by atoms with Crippen LogP contribution < -0.4 is 0 Å². The second kappa shape index (κ2) is 7.58. The first-order valence-corrected chi connectivity index (χ1v) is 8.82. The topological polar surface area (TPSA) is 86.5 Å². The first-order chi connectivity index (χ1) is 12.5. The van der Waals surface area contributed by atoms with Gasteiger partial charge in [0.2, 0.25) is 0 Å². The van der Waals surface area contributed by atoms with Crippen LogP contribution in [0.25, 0.3) is 10.9 Å². The smallest absolute Gasteiger partial charge is 0.309 e. The highest BCUT2D eigenvalue weighted by Gasteiger charge is 2.36. The minimum atomic E-state index is -0.831. The van der Waals surface area contributed by atoms with Crippen LogP contribution in [0.5, 0.6) is 0 Å². The average molecular weight is 374 g/mol. The Labute approximate surface area is 157 Å². The molecule has 1 aliphatic rings. The van der Waals surface area contributed by atoms with Crippen molar-refractivity contribution in [3.63, 3.8) is 0 Å². The number of carboxylic acid groups (broad SMARTS) is 1. The highest BCUT2D eigenvalue weighted by Crippen LogP contribution is 2.34. The van der Waals surface area contributed by atoms with Crippen molar-refractivity contribution in [1.29, 1.82) is 5.26 Å². The van der Waals surface area contributed by atoms with E-state index >= 15 is 0 Å². The largest absolute Gasteiger partial charge is 0.481 e. The van der Waals surface area contributed by atoms with Gasteiger partial charge in [-0.3, -0.25) is 14.7 Å². The number of methoxy groups -OCH3 is 1. The molecular formula is C19H20ClN3O3. The Morgan fingerprint density at radius 3 is 2.96 bits per heavy atom. The fourth-order valence-corrected chi connectivity index (χ4v) is 3.89. The van der Waals surface area contributed by atoms with Crippen LogP contribution in [0.1, 0.15) is 30.5 Å². The molecule has 136 valence electrons. The Morgan fingerprint density at radius 2 is 2.31 bits per heavy atom. The van der Waals surface area contributed by atoms with E-state index in [0.717, 1.165) is 16.5 Å². The summed E-state index contributed by atoms with van der Waals surface area (Å²) in [4.78, 5) is 17.9. The van der Waals surface area contributed by atoms with Gasteiger partial charge in [-0.2, -0.15) is 5.26 Å². The molecule has 2 heterocycles. The van der Waals surface area contributed by atoms with E-state index < -0.39 is 11.9 Å². The van der Waals surface area contributed by atoms with Crippen LogP contribution >= 0.6 is 11.6 Å². The lowest BCUT2D eigenvalue weighted by molar-refractivity contribution is -0.150. The van der Waals surface area contributed by atoms with E-state index in [1.807, 2.05) is 19.1 Å². The van der Waals surface area contributed by atoms with Crippen LogP contribution in [-0.2, 0) is 9.53 Å². The van der Waals surface area contributed by atoms with Gasteiger partial charge in [-0.05, 0) is 43.7 Å². The summed E-state index contributed by atoms with van der Waals surface area (Å²) in [5.41, 5.74) is 2.14. The fourth-order valence-electron chi connectivity index (χ4n) is 3.72. The molecule has 1 saturated heterocycles. The number of hydrogen-bond acceptors (Lipinski definition) is 5. The van der Waals surface area contributed by atoms with Crippen LogP contribution in [0.3, 0.4) is 0 Å². The van der Waals surface area contributed by atoms with Crippen LogP contribution in [0.15, 0.2) is 24.4 Å². The Balaban J connectivity index is 2.00. The number of nitriles is 1. The number of carbonyl (C=O) groups is 1. The third-order valence-electron chi connectivity index (χ3n) is 5.17. The molecule has 3 rings (SSSR count). The molecule has 26 heavy (non-hydrogen) atoms. The summed E-state index contributed by atoms with van der Waals surface area (Å²) in [6.45, 7) is 3.13. The van der Waals surface area contributed by atoms with Crippen molar-refractivity contribution in [2.24, 2.45) is 5.92 Å². The van der Waals surface area contributed by atoms with Gasteiger partial charge in [0.1, 0.15) is 6.07 Å². The van der Waals surface area contributed by atoms with E-state index in [4.69, 9.17) is 16.3 Å². The fraction of sp³-hybridized carbons (Fsp3) is 0.421. The van der Waals surface area contributed by atoms with Gasteiger partial charge < -0.3 is 9.84 Å². The molecule has 1 aliphatic heterocycles. The third kappa shape index (κ3) is 3.38. The zero-order valence-electron chi connectivity index (χ0n) is 14.6. The highest BCUT2D eigenvalue weighted by atomic mass is 35.5. The van der Waals surface area contributed by atoms with E-state index in [2.05, 4.69) is 16.0 Å². The molecule has 7 heteroatoms. The molecular weight excluding hydrogens is 354 g/mol. The quantitative estimate of drug-likeness (QED) is 0.885. The van der Waals surface area contributed by atoms with Crippen molar-refractivity contribution in [3.05, 3.63) is 40.5 Å². The monoisotopic (exact) mass is 373 g/mol. The van der Waals surface area contributed by atoms with Gasteiger partial charge in [-0.15, -0.1) is 0 Å². The van der Waals surface area contributed by atoms with Crippen molar-refractivity contribution < 1.29 is 14.6 Å². The Bertz CT molecular complexity index is 880. The van der Waals surface area contributed by atoms with E-state index in [9.17, 15) is 15.2 Å². The summed E-state index contributed by atoms with van der Waals surface area (Å²) in [6.07, 6.45) is 1.70. The number of piperidine rings is 1. The lowest BCUT2D eigenvalue weighted by atomic mass is 9.90. The van der Waals surface area contributed by atoms with Crippen LogP contribution in [0.4, 0.5) is 0 Å². The number of halogens is 1. The number of aliphatic carboxylic acids is 1. The molecule has 1 aromatic heterocycles. The predicted molar refractivity (Wildman–Crippen MR) is 98.0 cm³/mol. The maximum absolute atomic E-state index is 11.4. The first kappa shape index (κ1) is 18.6. The first-order valence-electron chi connectivity index (χ1n) is 8.44. The molecule has 1 aromatic carbocycles. The third-order valence-corrected chi connectivity index (χ3v) is 5.40. The maximum Gasteiger partial charge on any atom is 0.309 e. The second-order valence-electron chi connectivity index (χ2n) is 6.54. The number of hydrogen-bond donors (Lipinski definition) is 1. The van der Waals surface area contributed by atoms with E-state index in [0.29, 0.717) is 30.1 Å². The highest BCUT2D eigenvalue weighted by molar-refractivity contribution is 6.31. The number of benzene rings is 1. The van der Waals surface area contributed by atoms with Gasteiger partial charge in [-0.25, -0.2) is 0 Å². The van der Waals surface area contributed by atoms with Crippen molar-refractivity contribution in [3.8, 4) is 6.07 Å². The summed E-state index contributed by atoms with van der Waals surface area (Å²) in [5.74, 6) is -1.34. The summed E-state index contributed by atoms with van der Waals surface area (Å²) in [5, 5.41) is 20.4. The number of carboxylic acids is 1. The Morgan fingerprint density at radius 1 is 1.54 bits per heavy atom. The lowest BCUT2D eigenvalue weighted by Gasteiger charge is -2.39. The number of pyridine rings is 1. The molecule has 2 unspecified atom stereocenters. The predicted octanol–water partition coefficient (Wildman–Crippen LogP) is 3.24. The summed E-state index contributed by atoms with van der Waals surface area (Å²) in [6, 6.07) is 7.56. The van der Waals surface area contributed by atoms with Crippen molar-refractivity contribution >= 4 is 28.5 Å². The standard InChI is InChI=1S/C19H20ClN3O3/c1-11(23-6-5-14(19(24)25)17(10-23)26-2)18-12(8-21)9-22-16-4-3-13(20)7-15(16)18/h3-4,7,9,11,14,17H,5-6,10H2,1-2H3,(H,24,25)/t11-,14?,17?/m0/s1. The zero-order chi connectivity index (χ0) is 18.8. The van der Waals surface area contributed by atoms with E-state index in [-0.39, 0.29) is 12.1 Å². The van der Waals surface area contributed by atoms with Gasteiger partial charge in [0.05, 0.1) is 23.1 Å². The minimum Gasteiger partial charge on any atom is -0.481 e. The van der Waals surface area contributed by atoms with Crippen LogP contribution in [-0.4, -0.2) is 47.3 Å². The number of likely N-dealkylation sites (tertiary alicyclic amines) is 1. The van der Waals surface area contributed by atoms with Crippen molar-refractivity contribution in [2.45, 2.75) is 25.5 Å². The minimum absolute atomic E-state index is 0.0963. The molecule has 0 radical (unpaired) electrons. The number of aromatic nitrogens is 1. The Kier molecular flexibility index (Phi) is 5.42. The van der Waals surface area contributed by atoms with Gasteiger partial charge >= 0.3 is 5.97 Å². The summed E-state index contributed by atoms with van der Waals surface area (Å²) < 4.78 is 5.42. The number of ether oxygens (including phenoxy) is 1. The van der Waals surface area contributed by atoms with Gasteiger partial charge in [0.15, 0.2) is 0 Å². The molecule has 0 spiro atoms. The molecule has 0 bridgehead atoms. The maximum atomic E-state index is 11.4. The molecule has 0 saturated carbocycles. The lowest BCUT2D eigenvalue weighted by Crippen LogP contribution is -2.48. The SMILES string of the molecule is COC1CN([C@@H](C)c2c(C#N)cnc3ccc(Cl)cc23)CCC1C(=O)O. The van der Waals surface area contributed by atoms with Crippen LogP contribution in [0.2, 0.25) is 5.02 Å².